The number of carbonyl (C=O) groups is 1. The van der Waals surface area contributed by atoms with Gasteiger partial charge in [-0.25, -0.2) is 0 Å². The van der Waals surface area contributed by atoms with Crippen LogP contribution in [0.25, 0.3) is 11.0 Å². The molecule has 0 spiro atoms. The first-order chi connectivity index (χ1) is 20.5. The van der Waals surface area contributed by atoms with Crippen LogP contribution in [-0.4, -0.2) is 19.1 Å². The molecule has 0 radical (unpaired) electrons. The van der Waals surface area contributed by atoms with E-state index in [1.54, 1.807) is 17.0 Å². The molecule has 0 saturated heterocycles. The third-order valence-electron chi connectivity index (χ3n) is 7.27. The van der Waals surface area contributed by atoms with Gasteiger partial charge in [0.25, 0.3) is 5.91 Å². The molecule has 1 atom stereocenters. The number of rotatable bonds is 9. The quantitative estimate of drug-likeness (QED) is 0.189. The molecule has 5 aromatic rings. The summed E-state index contributed by atoms with van der Waals surface area (Å²) in [5.41, 5.74) is 3.71. The molecule has 212 valence electrons. The summed E-state index contributed by atoms with van der Waals surface area (Å²) in [6.07, 6.45) is 0. The molecule has 1 aliphatic heterocycles. The Labute approximate surface area is 243 Å². The van der Waals surface area contributed by atoms with E-state index in [-0.39, 0.29) is 17.1 Å². The van der Waals surface area contributed by atoms with Crippen molar-refractivity contribution in [2.45, 2.75) is 33.4 Å². The first-order valence-corrected chi connectivity index (χ1v) is 14.1. The van der Waals surface area contributed by atoms with E-state index in [9.17, 15) is 9.59 Å². The summed E-state index contributed by atoms with van der Waals surface area (Å²) in [7, 11) is 0. The van der Waals surface area contributed by atoms with E-state index in [4.69, 9.17) is 18.6 Å². The van der Waals surface area contributed by atoms with Gasteiger partial charge in [-0.3, -0.25) is 14.5 Å². The van der Waals surface area contributed by atoms with Crippen molar-refractivity contribution in [3.63, 3.8) is 0 Å². The van der Waals surface area contributed by atoms with Crippen LogP contribution in [-0.2, 0) is 6.61 Å². The summed E-state index contributed by atoms with van der Waals surface area (Å²) in [4.78, 5) is 29.6. The Kier molecular flexibility index (Phi) is 7.40. The van der Waals surface area contributed by atoms with Gasteiger partial charge in [0, 0.05) is 5.69 Å². The number of anilines is 1. The maximum absolute atomic E-state index is 14.0. The molecule has 1 unspecified atom stereocenters. The Morgan fingerprint density at radius 1 is 0.786 bits per heavy atom. The minimum absolute atomic E-state index is 0.0394. The Balaban J connectivity index is 1.48. The number of nitrogens with zero attached hydrogens (tertiary/aromatic N) is 1. The Hall–Kier alpha value is -5.04. The van der Waals surface area contributed by atoms with Gasteiger partial charge in [0.15, 0.2) is 16.9 Å². The lowest BCUT2D eigenvalue weighted by molar-refractivity contribution is 0.0971. The van der Waals surface area contributed by atoms with Gasteiger partial charge in [-0.2, -0.15) is 0 Å². The van der Waals surface area contributed by atoms with Gasteiger partial charge in [-0.15, -0.1) is 0 Å². The van der Waals surface area contributed by atoms with Crippen LogP contribution in [0, 0.1) is 6.92 Å². The summed E-state index contributed by atoms with van der Waals surface area (Å²) in [6, 6.07) is 27.3. The molecule has 0 aliphatic carbocycles. The third kappa shape index (κ3) is 4.98. The SMILES string of the molecule is CCOc1ccc(N2C(=O)c3oc4ccc(C)cc4c(=O)c3C2c2ccc(OCc3ccccc3)c(OCC)c2)cc1. The molecule has 1 amide bonds. The molecular formula is C35H31NO6. The molecule has 0 bridgehead atoms. The molecule has 0 saturated carbocycles. The lowest BCUT2D eigenvalue weighted by atomic mass is 9.97. The number of carbonyl (C=O) groups excluding carboxylic acids is 1. The van der Waals surface area contributed by atoms with Crippen LogP contribution in [0.1, 0.15) is 52.7 Å². The van der Waals surface area contributed by atoms with Gasteiger partial charge in [0.1, 0.15) is 17.9 Å². The molecule has 7 nitrogen and oxygen atoms in total. The van der Waals surface area contributed by atoms with E-state index in [1.807, 2.05) is 99.6 Å². The Morgan fingerprint density at radius 2 is 1.55 bits per heavy atom. The second-order valence-corrected chi connectivity index (χ2v) is 10.1. The van der Waals surface area contributed by atoms with Crippen molar-refractivity contribution in [1.82, 2.24) is 0 Å². The number of hydrogen-bond acceptors (Lipinski definition) is 6. The lowest BCUT2D eigenvalue weighted by Gasteiger charge is -2.26. The average Bonchev–Trinajstić information content (AvgIpc) is 3.30. The number of ether oxygens (including phenoxy) is 3. The van der Waals surface area contributed by atoms with Crippen LogP contribution in [0.5, 0.6) is 17.2 Å². The van der Waals surface area contributed by atoms with Crippen molar-refractivity contribution in [2.24, 2.45) is 0 Å². The normalized spacial score (nSPS) is 14.2. The van der Waals surface area contributed by atoms with Gasteiger partial charge < -0.3 is 18.6 Å². The zero-order valence-electron chi connectivity index (χ0n) is 23.8. The highest BCUT2D eigenvalue weighted by Crippen LogP contribution is 2.43. The highest BCUT2D eigenvalue weighted by atomic mass is 16.5. The molecule has 0 fully saturated rings. The molecule has 42 heavy (non-hydrogen) atoms. The zero-order valence-corrected chi connectivity index (χ0v) is 23.8. The number of amides is 1. The molecule has 6 rings (SSSR count). The Morgan fingerprint density at radius 3 is 2.29 bits per heavy atom. The van der Waals surface area contributed by atoms with Crippen LogP contribution < -0.4 is 24.5 Å². The standard InChI is InChI=1S/C35H31NO6/c1-4-39-26-15-13-25(14-16-26)36-32(31-33(37)27-19-22(3)11-17-28(27)42-34(31)35(36)38)24-12-18-29(30(20-24)40-5-2)41-21-23-9-7-6-8-10-23/h6-20,32H,4-5,21H2,1-3H3. The van der Waals surface area contributed by atoms with Gasteiger partial charge in [-0.05, 0) is 80.4 Å². The van der Waals surface area contributed by atoms with Crippen molar-refractivity contribution in [3.8, 4) is 17.2 Å². The minimum atomic E-state index is -0.742. The number of fused-ring (bicyclic) bond motifs is 2. The van der Waals surface area contributed by atoms with Crippen LogP contribution in [0.4, 0.5) is 5.69 Å². The third-order valence-corrected chi connectivity index (χ3v) is 7.27. The summed E-state index contributed by atoms with van der Waals surface area (Å²) in [5, 5.41) is 0.438. The highest BCUT2D eigenvalue weighted by Gasteiger charge is 2.44. The van der Waals surface area contributed by atoms with Crippen LogP contribution in [0.15, 0.2) is 100 Å². The molecule has 7 heteroatoms. The van der Waals surface area contributed by atoms with E-state index in [0.29, 0.717) is 64.9 Å². The fourth-order valence-corrected chi connectivity index (χ4v) is 5.36. The molecule has 1 aromatic heterocycles. The van der Waals surface area contributed by atoms with E-state index >= 15 is 0 Å². The van der Waals surface area contributed by atoms with Crippen LogP contribution in [0.2, 0.25) is 0 Å². The maximum atomic E-state index is 14.0. The fourth-order valence-electron chi connectivity index (χ4n) is 5.36. The maximum Gasteiger partial charge on any atom is 0.295 e. The van der Waals surface area contributed by atoms with Gasteiger partial charge in [-0.1, -0.05) is 48.0 Å². The highest BCUT2D eigenvalue weighted by molar-refractivity contribution is 6.10. The summed E-state index contributed by atoms with van der Waals surface area (Å²) < 4.78 is 23.9. The largest absolute Gasteiger partial charge is 0.494 e. The molecule has 0 N–H and O–H groups in total. The topological polar surface area (TPSA) is 78.2 Å². The number of hydrogen-bond donors (Lipinski definition) is 0. The van der Waals surface area contributed by atoms with Gasteiger partial charge in [0.2, 0.25) is 5.76 Å². The second-order valence-electron chi connectivity index (χ2n) is 10.1. The first-order valence-electron chi connectivity index (χ1n) is 14.1. The number of aryl methyl sites for hydroxylation is 1. The van der Waals surface area contributed by atoms with Crippen molar-refractivity contribution in [3.05, 3.63) is 129 Å². The van der Waals surface area contributed by atoms with Gasteiger partial charge in [0.05, 0.1) is 30.2 Å². The van der Waals surface area contributed by atoms with E-state index in [2.05, 4.69) is 0 Å². The van der Waals surface area contributed by atoms with Crippen molar-refractivity contribution in [2.75, 3.05) is 18.1 Å². The molecule has 1 aliphatic rings. The van der Waals surface area contributed by atoms with Crippen molar-refractivity contribution < 1.29 is 23.4 Å². The predicted octanol–water partition coefficient (Wildman–Crippen LogP) is 7.23. The first kappa shape index (κ1) is 27.1. The number of benzene rings is 4. The van der Waals surface area contributed by atoms with Gasteiger partial charge >= 0.3 is 0 Å². The molecular weight excluding hydrogens is 530 g/mol. The minimum Gasteiger partial charge on any atom is -0.494 e. The molecule has 2 heterocycles. The van der Waals surface area contributed by atoms with Crippen LogP contribution in [0.3, 0.4) is 0 Å². The van der Waals surface area contributed by atoms with Crippen molar-refractivity contribution in [1.29, 1.82) is 0 Å². The Bertz CT molecular complexity index is 1810. The monoisotopic (exact) mass is 561 g/mol. The van der Waals surface area contributed by atoms with E-state index in [1.165, 1.54) is 0 Å². The second kappa shape index (κ2) is 11.4. The smallest absolute Gasteiger partial charge is 0.295 e. The van der Waals surface area contributed by atoms with E-state index < -0.39 is 6.04 Å². The summed E-state index contributed by atoms with van der Waals surface area (Å²) >= 11 is 0. The predicted molar refractivity (Wildman–Crippen MR) is 162 cm³/mol. The summed E-state index contributed by atoms with van der Waals surface area (Å²) in [5.74, 6) is 1.44. The van der Waals surface area contributed by atoms with Crippen LogP contribution >= 0.6 is 0 Å². The molecule has 4 aromatic carbocycles. The zero-order chi connectivity index (χ0) is 29.2. The lowest BCUT2D eigenvalue weighted by Crippen LogP contribution is -2.29. The fraction of sp³-hybridized carbons (Fsp3) is 0.200. The summed E-state index contributed by atoms with van der Waals surface area (Å²) in [6.45, 7) is 7.05. The van der Waals surface area contributed by atoms with Crippen molar-refractivity contribution >= 4 is 22.6 Å². The average molecular weight is 562 g/mol. The van der Waals surface area contributed by atoms with E-state index in [0.717, 1.165) is 11.1 Å².